The molecule has 2 aliphatic carbocycles. The quantitative estimate of drug-likeness (QED) is 0.682. The van der Waals surface area contributed by atoms with E-state index in [4.69, 9.17) is 22.5 Å². The van der Waals surface area contributed by atoms with Crippen molar-refractivity contribution >= 4 is 23.3 Å². The van der Waals surface area contributed by atoms with E-state index in [1.165, 1.54) is 5.56 Å². The third-order valence-electron chi connectivity index (χ3n) is 4.10. The molecule has 0 amide bonds. The van der Waals surface area contributed by atoms with E-state index in [9.17, 15) is 0 Å². The molecule has 0 bridgehead atoms. The van der Waals surface area contributed by atoms with Crippen molar-refractivity contribution in [1.29, 1.82) is 0 Å². The zero-order valence-electron chi connectivity index (χ0n) is 10.1. The minimum absolute atomic E-state index is 0.300. The van der Waals surface area contributed by atoms with Gasteiger partial charge in [-0.25, -0.2) is 0 Å². The van der Waals surface area contributed by atoms with Crippen LogP contribution in [0.4, 0.5) is 0 Å². The summed E-state index contributed by atoms with van der Waals surface area (Å²) in [6.07, 6.45) is 11.2. The predicted molar refractivity (Wildman–Crippen MR) is 74.5 cm³/mol. The van der Waals surface area contributed by atoms with Gasteiger partial charge in [-0.1, -0.05) is 34.8 Å². The maximum Gasteiger partial charge on any atom is 0.163 e. The highest BCUT2D eigenvalue weighted by Crippen LogP contribution is 2.53. The summed E-state index contributed by atoms with van der Waals surface area (Å²) in [6, 6.07) is 5.98. The van der Waals surface area contributed by atoms with E-state index in [1.54, 1.807) is 6.20 Å². The Morgan fingerprint density at radius 2 is 2.16 bits per heavy atom. The zero-order chi connectivity index (χ0) is 13.0. The molecule has 1 aromatic carbocycles. The fourth-order valence-corrected chi connectivity index (χ4v) is 3.50. The molecule has 19 heavy (non-hydrogen) atoms. The number of benzene rings is 1. The Bertz CT molecular complexity index is 765. The molecule has 1 unspecified atom stereocenters. The summed E-state index contributed by atoms with van der Waals surface area (Å²) in [5.74, 6) is 3.79. The fraction of sp³-hybridized carbons (Fsp3) is 0.188. The molecule has 1 aromatic heterocycles. The van der Waals surface area contributed by atoms with Crippen LogP contribution in [0.15, 0.2) is 28.9 Å². The molecule has 2 nitrogen and oxygen atoms in total. The Labute approximate surface area is 116 Å². The van der Waals surface area contributed by atoms with Gasteiger partial charge in [0.2, 0.25) is 0 Å². The lowest BCUT2D eigenvalue weighted by atomic mass is 9.73. The number of fused-ring (bicyclic) bond motifs is 4. The van der Waals surface area contributed by atoms with E-state index in [2.05, 4.69) is 17.1 Å². The van der Waals surface area contributed by atoms with E-state index >= 15 is 0 Å². The van der Waals surface area contributed by atoms with Crippen molar-refractivity contribution in [2.24, 2.45) is 5.41 Å². The van der Waals surface area contributed by atoms with Crippen LogP contribution in [-0.2, 0) is 12.8 Å². The molecule has 0 radical (unpaired) electrons. The topological polar surface area (TPSA) is 26.0 Å². The van der Waals surface area contributed by atoms with Gasteiger partial charge in [0.25, 0.3) is 0 Å². The standard InChI is InChI=1S/C16H10ClNO/c1-2-16-7-10-4-3-5-13(17)15(10)12(16)6-14-11(8-16)9-18-19-14/h1,3-6,9H,7-8H2. The molecule has 0 aliphatic heterocycles. The Morgan fingerprint density at radius 3 is 3.00 bits per heavy atom. The Morgan fingerprint density at radius 1 is 1.32 bits per heavy atom. The first-order valence-corrected chi connectivity index (χ1v) is 6.52. The number of halogens is 1. The van der Waals surface area contributed by atoms with Crippen LogP contribution < -0.4 is 0 Å². The van der Waals surface area contributed by atoms with Crippen molar-refractivity contribution < 1.29 is 4.52 Å². The van der Waals surface area contributed by atoms with E-state index in [0.717, 1.165) is 40.3 Å². The molecule has 0 saturated carbocycles. The van der Waals surface area contributed by atoms with Crippen molar-refractivity contribution in [2.75, 3.05) is 0 Å². The molecule has 3 heteroatoms. The lowest BCUT2D eigenvalue weighted by molar-refractivity contribution is 0.408. The number of rotatable bonds is 0. The summed E-state index contributed by atoms with van der Waals surface area (Å²) in [5.41, 5.74) is 4.16. The van der Waals surface area contributed by atoms with E-state index in [-0.39, 0.29) is 5.41 Å². The Hall–Kier alpha value is -1.98. The lowest BCUT2D eigenvalue weighted by Crippen LogP contribution is -2.23. The number of aromatic nitrogens is 1. The fourth-order valence-electron chi connectivity index (χ4n) is 3.20. The molecular weight excluding hydrogens is 258 g/mol. The number of allylic oxidation sites excluding steroid dienone is 1. The highest BCUT2D eigenvalue weighted by atomic mass is 35.5. The minimum atomic E-state index is -0.300. The second-order valence-corrected chi connectivity index (χ2v) is 5.53. The second kappa shape index (κ2) is 3.53. The highest BCUT2D eigenvalue weighted by molar-refractivity contribution is 6.33. The number of hydrogen-bond donors (Lipinski definition) is 0. The normalized spacial score (nSPS) is 23.1. The van der Waals surface area contributed by atoms with Gasteiger partial charge in [0.05, 0.1) is 11.6 Å². The number of terminal acetylenes is 1. The average molecular weight is 268 g/mol. The summed E-state index contributed by atoms with van der Waals surface area (Å²) in [5, 5.41) is 4.61. The second-order valence-electron chi connectivity index (χ2n) is 5.13. The molecule has 1 heterocycles. The third kappa shape index (κ3) is 1.31. The first-order chi connectivity index (χ1) is 9.23. The average Bonchev–Trinajstić information content (AvgIpc) is 2.97. The molecule has 0 N–H and O–H groups in total. The van der Waals surface area contributed by atoms with Crippen LogP contribution in [0, 0.1) is 17.8 Å². The SMILES string of the molecule is C#CC12Cc3cnoc3C=C1c1c(Cl)cccc1C2. The monoisotopic (exact) mass is 267 g/mol. The van der Waals surface area contributed by atoms with E-state index < -0.39 is 0 Å². The molecule has 0 fully saturated rings. The van der Waals surface area contributed by atoms with Gasteiger partial charge in [-0.2, -0.15) is 0 Å². The molecule has 0 saturated heterocycles. The van der Waals surface area contributed by atoms with Crippen molar-refractivity contribution in [3.05, 3.63) is 51.9 Å². The van der Waals surface area contributed by atoms with E-state index in [0.29, 0.717) is 0 Å². The van der Waals surface area contributed by atoms with Gasteiger partial charge in [-0.05, 0) is 36.1 Å². The van der Waals surface area contributed by atoms with E-state index in [1.807, 2.05) is 18.2 Å². The first kappa shape index (κ1) is 10.9. The third-order valence-corrected chi connectivity index (χ3v) is 4.41. The Kier molecular flexibility index (Phi) is 2.02. The van der Waals surface area contributed by atoms with Gasteiger partial charge < -0.3 is 4.52 Å². The molecule has 0 spiro atoms. The summed E-state index contributed by atoms with van der Waals surface area (Å²) >= 11 is 6.35. The predicted octanol–water partition coefficient (Wildman–Crippen LogP) is 3.60. The van der Waals surface area contributed by atoms with Gasteiger partial charge in [-0.15, -0.1) is 6.42 Å². The largest absolute Gasteiger partial charge is 0.357 e. The van der Waals surface area contributed by atoms with Crippen LogP contribution >= 0.6 is 11.6 Å². The van der Waals surface area contributed by atoms with Crippen molar-refractivity contribution in [1.82, 2.24) is 5.16 Å². The first-order valence-electron chi connectivity index (χ1n) is 6.15. The van der Waals surface area contributed by atoms with Crippen molar-refractivity contribution in [3.8, 4) is 12.3 Å². The van der Waals surface area contributed by atoms with Crippen molar-refractivity contribution in [2.45, 2.75) is 12.8 Å². The van der Waals surface area contributed by atoms with Gasteiger partial charge in [0, 0.05) is 16.1 Å². The van der Waals surface area contributed by atoms with Gasteiger partial charge >= 0.3 is 0 Å². The Balaban J connectivity index is 2.03. The molecule has 2 aliphatic rings. The smallest absolute Gasteiger partial charge is 0.163 e. The van der Waals surface area contributed by atoms with Crippen LogP contribution in [0.1, 0.15) is 22.5 Å². The number of nitrogens with zero attached hydrogens (tertiary/aromatic N) is 1. The molecule has 4 rings (SSSR count). The van der Waals surface area contributed by atoms with Gasteiger partial charge in [0.1, 0.15) is 0 Å². The number of hydrogen-bond acceptors (Lipinski definition) is 2. The van der Waals surface area contributed by atoms with Gasteiger partial charge in [-0.3, -0.25) is 0 Å². The highest BCUT2D eigenvalue weighted by Gasteiger charge is 2.44. The van der Waals surface area contributed by atoms with Crippen LogP contribution in [0.5, 0.6) is 0 Å². The summed E-state index contributed by atoms with van der Waals surface area (Å²) < 4.78 is 5.27. The summed E-state index contributed by atoms with van der Waals surface area (Å²) in [6.45, 7) is 0. The molecular formula is C16H10ClNO. The minimum Gasteiger partial charge on any atom is -0.357 e. The van der Waals surface area contributed by atoms with Crippen molar-refractivity contribution in [3.63, 3.8) is 0 Å². The summed E-state index contributed by atoms with van der Waals surface area (Å²) in [4.78, 5) is 0. The van der Waals surface area contributed by atoms with Crippen LogP contribution in [0.3, 0.4) is 0 Å². The van der Waals surface area contributed by atoms with Gasteiger partial charge in [0.15, 0.2) is 5.76 Å². The molecule has 92 valence electrons. The molecule has 2 aromatic rings. The summed E-state index contributed by atoms with van der Waals surface area (Å²) in [7, 11) is 0. The van der Waals surface area contributed by atoms with Crippen LogP contribution in [-0.4, -0.2) is 5.16 Å². The molecule has 1 atom stereocenters. The maximum absolute atomic E-state index is 6.35. The van der Waals surface area contributed by atoms with Crippen LogP contribution in [0.2, 0.25) is 5.02 Å². The lowest BCUT2D eigenvalue weighted by Gasteiger charge is -2.27. The van der Waals surface area contributed by atoms with Crippen LogP contribution in [0.25, 0.3) is 11.6 Å². The zero-order valence-corrected chi connectivity index (χ0v) is 10.9. The maximum atomic E-state index is 6.35.